The number of Topliss-reactive ketones (excluding diaryl/α,β-unsaturated/α-hetero) is 1. The van der Waals surface area contributed by atoms with Crippen LogP contribution in [-0.2, 0) is 20.7 Å². The number of methoxy groups -OCH3 is 1. The first kappa shape index (κ1) is 21.9. The van der Waals surface area contributed by atoms with Crippen molar-refractivity contribution in [3.8, 4) is 11.4 Å². The predicted octanol–water partition coefficient (Wildman–Crippen LogP) is 3.14. The second-order valence-corrected chi connectivity index (χ2v) is 7.08. The number of H-pyrrole nitrogens is 1. The van der Waals surface area contributed by atoms with Crippen LogP contribution in [0.5, 0.6) is 0 Å². The zero-order valence-corrected chi connectivity index (χ0v) is 17.8. The normalized spacial score (nSPS) is 10.7. The topological polar surface area (TPSA) is 124 Å². The molecule has 0 unspecified atom stereocenters. The summed E-state index contributed by atoms with van der Waals surface area (Å²) in [7, 11) is 1.27. The lowest BCUT2D eigenvalue weighted by molar-refractivity contribution is -0.142. The molecule has 0 fully saturated rings. The van der Waals surface area contributed by atoms with Gasteiger partial charge in [-0.1, -0.05) is 35.0 Å². The first-order valence-corrected chi connectivity index (χ1v) is 9.66. The number of benzene rings is 1. The molecule has 1 N–H and O–H groups in total. The van der Waals surface area contributed by atoms with Crippen LogP contribution < -0.4 is 0 Å². The van der Waals surface area contributed by atoms with E-state index in [1.807, 2.05) is 31.2 Å². The first-order valence-electron chi connectivity index (χ1n) is 9.66. The highest BCUT2D eigenvalue weighted by Gasteiger charge is 2.23. The minimum atomic E-state index is -0.572. The van der Waals surface area contributed by atoms with Gasteiger partial charge in [-0.05, 0) is 26.3 Å². The molecule has 3 aromatic rings. The maximum Gasteiger partial charge on any atom is 0.339 e. The summed E-state index contributed by atoms with van der Waals surface area (Å²) in [5.74, 6) is -0.803. The molecule has 0 saturated carbocycles. The van der Waals surface area contributed by atoms with E-state index < -0.39 is 24.3 Å². The van der Waals surface area contributed by atoms with E-state index in [1.165, 1.54) is 7.11 Å². The predicted molar refractivity (Wildman–Crippen MR) is 110 cm³/mol. The number of carbonyl (C=O) groups is 3. The molecule has 0 spiro atoms. The Morgan fingerprint density at radius 2 is 1.81 bits per heavy atom. The highest BCUT2D eigenvalue weighted by atomic mass is 16.5. The van der Waals surface area contributed by atoms with Crippen molar-refractivity contribution in [3.63, 3.8) is 0 Å². The van der Waals surface area contributed by atoms with Crippen LogP contribution in [0, 0.1) is 20.8 Å². The molecule has 0 atom stereocenters. The van der Waals surface area contributed by atoms with E-state index >= 15 is 0 Å². The summed E-state index contributed by atoms with van der Waals surface area (Å²) in [6, 6.07) is 7.67. The molecule has 162 valence electrons. The number of hydrogen-bond acceptors (Lipinski definition) is 8. The third-order valence-corrected chi connectivity index (χ3v) is 4.79. The molecule has 0 aliphatic carbocycles. The number of carbonyl (C=O) groups excluding carboxylic acids is 3. The second-order valence-electron chi connectivity index (χ2n) is 7.08. The van der Waals surface area contributed by atoms with Gasteiger partial charge in [-0.3, -0.25) is 9.59 Å². The van der Waals surface area contributed by atoms with Crippen LogP contribution in [0.1, 0.15) is 50.0 Å². The number of aromatic nitrogens is 3. The van der Waals surface area contributed by atoms with Crippen LogP contribution in [0.2, 0.25) is 0 Å². The van der Waals surface area contributed by atoms with Crippen molar-refractivity contribution in [1.29, 1.82) is 0 Å². The molecule has 31 heavy (non-hydrogen) atoms. The van der Waals surface area contributed by atoms with E-state index in [-0.39, 0.29) is 18.5 Å². The molecule has 0 radical (unpaired) electrons. The Bertz CT molecular complexity index is 1110. The number of rotatable bonds is 8. The van der Waals surface area contributed by atoms with Crippen LogP contribution in [0.15, 0.2) is 28.8 Å². The lowest BCUT2D eigenvalue weighted by atomic mass is 10.1. The molecule has 2 aromatic heterocycles. The van der Waals surface area contributed by atoms with Crippen molar-refractivity contribution in [2.24, 2.45) is 0 Å². The molecule has 9 nitrogen and oxygen atoms in total. The average molecular weight is 425 g/mol. The summed E-state index contributed by atoms with van der Waals surface area (Å²) < 4.78 is 15.0. The van der Waals surface area contributed by atoms with Gasteiger partial charge in [-0.25, -0.2) is 4.79 Å². The number of nitrogens with zero attached hydrogens (tertiary/aromatic N) is 2. The molecule has 2 heterocycles. The molecule has 0 aliphatic heterocycles. The Balaban J connectivity index is 1.52. The van der Waals surface area contributed by atoms with Gasteiger partial charge in [-0.2, -0.15) is 4.98 Å². The standard InChI is InChI=1S/C22H23N3O6/c1-12-5-7-15(8-6-12)21-24-17(31-25-21)9-10-18(27)30-11-16(26)20-13(2)19(14(3)23-20)22(28)29-4/h5-8,23H,9-11H2,1-4H3. The molecule has 3 rings (SSSR count). The Kier molecular flexibility index (Phi) is 6.64. The fourth-order valence-electron chi connectivity index (χ4n) is 3.11. The van der Waals surface area contributed by atoms with E-state index in [0.717, 1.165) is 11.1 Å². The van der Waals surface area contributed by atoms with Gasteiger partial charge in [0.05, 0.1) is 24.8 Å². The highest BCUT2D eigenvalue weighted by molar-refractivity contribution is 6.02. The molecule has 9 heteroatoms. The number of ketones is 1. The van der Waals surface area contributed by atoms with Crippen LogP contribution >= 0.6 is 0 Å². The van der Waals surface area contributed by atoms with Gasteiger partial charge in [0.1, 0.15) is 0 Å². The molecule has 0 bridgehead atoms. The van der Waals surface area contributed by atoms with Gasteiger partial charge in [0, 0.05) is 17.7 Å². The van der Waals surface area contributed by atoms with Gasteiger partial charge >= 0.3 is 11.9 Å². The van der Waals surface area contributed by atoms with Crippen LogP contribution in [0.4, 0.5) is 0 Å². The average Bonchev–Trinajstić information content (AvgIpc) is 3.34. The lowest BCUT2D eigenvalue weighted by Gasteiger charge is -2.04. The largest absolute Gasteiger partial charge is 0.465 e. The van der Waals surface area contributed by atoms with E-state index in [0.29, 0.717) is 28.5 Å². The minimum Gasteiger partial charge on any atom is -0.465 e. The van der Waals surface area contributed by atoms with E-state index in [9.17, 15) is 14.4 Å². The van der Waals surface area contributed by atoms with Crippen molar-refractivity contribution in [2.45, 2.75) is 33.6 Å². The third kappa shape index (κ3) is 5.06. The number of nitrogens with one attached hydrogen (secondary N) is 1. The van der Waals surface area contributed by atoms with Gasteiger partial charge in [0.25, 0.3) is 0 Å². The zero-order valence-electron chi connectivity index (χ0n) is 17.8. The van der Waals surface area contributed by atoms with Crippen molar-refractivity contribution >= 4 is 17.7 Å². The second kappa shape index (κ2) is 9.38. The van der Waals surface area contributed by atoms with E-state index in [4.69, 9.17) is 14.0 Å². The van der Waals surface area contributed by atoms with Crippen LogP contribution in [0.3, 0.4) is 0 Å². The molecule has 0 aliphatic rings. The Hall–Kier alpha value is -3.75. The van der Waals surface area contributed by atoms with Crippen molar-refractivity contribution in [1.82, 2.24) is 15.1 Å². The zero-order chi connectivity index (χ0) is 22.5. The summed E-state index contributed by atoms with van der Waals surface area (Å²) >= 11 is 0. The number of aromatic amines is 1. The molecule has 0 amide bonds. The van der Waals surface area contributed by atoms with Gasteiger partial charge in [-0.15, -0.1) is 0 Å². The summed E-state index contributed by atoms with van der Waals surface area (Å²) in [5, 5.41) is 3.92. The van der Waals surface area contributed by atoms with Crippen molar-refractivity contribution in [3.05, 3.63) is 58.2 Å². The quantitative estimate of drug-likeness (QED) is 0.431. The molecular formula is C22H23N3O6. The molecular weight excluding hydrogens is 402 g/mol. The third-order valence-electron chi connectivity index (χ3n) is 4.79. The van der Waals surface area contributed by atoms with Crippen LogP contribution in [-0.4, -0.2) is 46.6 Å². The Morgan fingerprint density at radius 1 is 1.10 bits per heavy atom. The minimum absolute atomic E-state index is 0.0149. The summed E-state index contributed by atoms with van der Waals surface area (Å²) in [4.78, 5) is 43.4. The Labute approximate surface area is 178 Å². The van der Waals surface area contributed by atoms with Gasteiger partial charge in [0.2, 0.25) is 17.5 Å². The summed E-state index contributed by atoms with van der Waals surface area (Å²) in [6.45, 7) is 4.83. The van der Waals surface area contributed by atoms with Crippen LogP contribution in [0.25, 0.3) is 11.4 Å². The number of esters is 2. The fourth-order valence-corrected chi connectivity index (χ4v) is 3.11. The fraction of sp³-hybridized carbons (Fsp3) is 0.318. The van der Waals surface area contributed by atoms with Gasteiger partial charge < -0.3 is 19.0 Å². The smallest absolute Gasteiger partial charge is 0.339 e. The van der Waals surface area contributed by atoms with E-state index in [2.05, 4.69) is 15.1 Å². The highest BCUT2D eigenvalue weighted by Crippen LogP contribution is 2.20. The number of hydrogen-bond donors (Lipinski definition) is 1. The maximum absolute atomic E-state index is 12.4. The molecule has 0 saturated heterocycles. The van der Waals surface area contributed by atoms with Gasteiger partial charge in [0.15, 0.2) is 6.61 Å². The maximum atomic E-state index is 12.4. The SMILES string of the molecule is COC(=O)c1c(C)[nH]c(C(=O)COC(=O)CCc2nc(-c3ccc(C)cc3)no2)c1C. The molecule has 1 aromatic carbocycles. The summed E-state index contributed by atoms with van der Waals surface area (Å²) in [6.07, 6.45) is 0.179. The summed E-state index contributed by atoms with van der Waals surface area (Å²) in [5.41, 5.74) is 3.43. The number of aryl methyl sites for hydroxylation is 3. The lowest BCUT2D eigenvalue weighted by Crippen LogP contribution is -2.16. The van der Waals surface area contributed by atoms with Crippen molar-refractivity contribution in [2.75, 3.05) is 13.7 Å². The monoisotopic (exact) mass is 425 g/mol. The van der Waals surface area contributed by atoms with Crippen molar-refractivity contribution < 1.29 is 28.4 Å². The Morgan fingerprint density at radius 3 is 2.48 bits per heavy atom. The van der Waals surface area contributed by atoms with E-state index in [1.54, 1.807) is 13.8 Å². The first-order chi connectivity index (χ1) is 14.8. The number of ether oxygens (including phenoxy) is 2.